The van der Waals surface area contributed by atoms with E-state index in [0.717, 1.165) is 0 Å². The van der Waals surface area contributed by atoms with Crippen LogP contribution in [0.25, 0.3) is 0 Å². The second-order valence-corrected chi connectivity index (χ2v) is 8.02. The summed E-state index contributed by atoms with van der Waals surface area (Å²) in [7, 11) is -2.88. The number of aliphatic hydroxyl groups is 1. The third-order valence-electron chi connectivity index (χ3n) is 2.02. The van der Waals surface area contributed by atoms with Gasteiger partial charge in [0, 0.05) is 23.8 Å². The Hall–Kier alpha value is 0.220. The van der Waals surface area contributed by atoms with Crippen LogP contribution in [0.5, 0.6) is 0 Å². The Labute approximate surface area is 96.5 Å². The molecule has 3 N–H and O–H groups in total. The van der Waals surface area contributed by atoms with Gasteiger partial charge in [-0.25, -0.2) is 8.42 Å². The topological polar surface area (TPSA) is 80.4 Å². The van der Waals surface area contributed by atoms with Crippen LogP contribution in [0, 0.1) is 0 Å². The van der Waals surface area contributed by atoms with Crippen LogP contribution in [-0.2, 0) is 9.84 Å². The van der Waals surface area contributed by atoms with Crippen molar-refractivity contribution in [2.75, 3.05) is 24.3 Å². The van der Waals surface area contributed by atoms with Crippen molar-refractivity contribution < 1.29 is 13.5 Å². The van der Waals surface area contributed by atoms with Gasteiger partial charge in [0.2, 0.25) is 0 Å². The van der Waals surface area contributed by atoms with Gasteiger partial charge in [-0.1, -0.05) is 6.92 Å². The van der Waals surface area contributed by atoms with E-state index in [2.05, 4.69) is 0 Å². The highest BCUT2D eigenvalue weighted by Gasteiger charge is 2.21. The molecule has 0 aliphatic rings. The molecule has 15 heavy (non-hydrogen) atoms. The monoisotopic (exact) mass is 255 g/mol. The molecule has 0 aromatic carbocycles. The summed E-state index contributed by atoms with van der Waals surface area (Å²) in [4.78, 5) is 0. The maximum absolute atomic E-state index is 10.9. The Morgan fingerprint density at radius 2 is 2.07 bits per heavy atom. The van der Waals surface area contributed by atoms with E-state index in [9.17, 15) is 13.5 Å². The van der Waals surface area contributed by atoms with Gasteiger partial charge >= 0.3 is 0 Å². The Balaban J connectivity index is 3.81. The first kappa shape index (κ1) is 15.2. The molecule has 0 fully saturated rings. The van der Waals surface area contributed by atoms with Crippen molar-refractivity contribution in [2.45, 2.75) is 31.1 Å². The van der Waals surface area contributed by atoms with Crippen LogP contribution in [0.1, 0.15) is 20.3 Å². The van der Waals surface area contributed by atoms with Crippen LogP contribution < -0.4 is 5.73 Å². The number of rotatable bonds is 7. The van der Waals surface area contributed by atoms with Crippen LogP contribution in [0.15, 0.2) is 0 Å². The van der Waals surface area contributed by atoms with E-state index in [0.29, 0.717) is 12.2 Å². The van der Waals surface area contributed by atoms with Gasteiger partial charge in [-0.3, -0.25) is 0 Å². The van der Waals surface area contributed by atoms with E-state index in [1.807, 2.05) is 6.92 Å². The van der Waals surface area contributed by atoms with Crippen LogP contribution in [-0.4, -0.2) is 48.7 Å². The second kappa shape index (κ2) is 6.08. The average Bonchev–Trinajstić information content (AvgIpc) is 2.00. The summed E-state index contributed by atoms with van der Waals surface area (Å²) in [6, 6.07) is 0. The maximum atomic E-state index is 10.9. The molecule has 0 amide bonds. The van der Waals surface area contributed by atoms with Crippen molar-refractivity contribution >= 4 is 21.6 Å². The molecule has 6 heteroatoms. The molecule has 0 saturated carbocycles. The molecule has 4 nitrogen and oxygen atoms in total. The van der Waals surface area contributed by atoms with E-state index in [1.54, 1.807) is 18.7 Å². The van der Waals surface area contributed by atoms with Crippen molar-refractivity contribution in [3.63, 3.8) is 0 Å². The first-order valence-electron chi connectivity index (χ1n) is 4.88. The minimum atomic E-state index is -2.88. The first-order chi connectivity index (χ1) is 6.66. The van der Waals surface area contributed by atoms with Gasteiger partial charge in [0.05, 0.1) is 11.4 Å². The normalized spacial score (nSPS) is 18.5. The molecule has 0 bridgehead atoms. The zero-order valence-corrected chi connectivity index (χ0v) is 11.2. The lowest BCUT2D eigenvalue weighted by Gasteiger charge is -2.24. The fraction of sp³-hybridized carbons (Fsp3) is 1.00. The van der Waals surface area contributed by atoms with Crippen LogP contribution >= 0.6 is 11.8 Å². The minimum Gasteiger partial charge on any atom is -0.389 e. The maximum Gasteiger partial charge on any atom is 0.148 e. The molecule has 2 unspecified atom stereocenters. The van der Waals surface area contributed by atoms with Gasteiger partial charge < -0.3 is 10.8 Å². The highest BCUT2D eigenvalue weighted by Crippen LogP contribution is 2.21. The third kappa shape index (κ3) is 9.17. The Morgan fingerprint density at radius 1 is 1.53 bits per heavy atom. The fourth-order valence-corrected chi connectivity index (χ4v) is 3.64. The Kier molecular flexibility index (Phi) is 6.17. The van der Waals surface area contributed by atoms with Gasteiger partial charge in [0.1, 0.15) is 9.84 Å². The smallest absolute Gasteiger partial charge is 0.148 e. The van der Waals surface area contributed by atoms with Crippen molar-refractivity contribution in [2.24, 2.45) is 5.73 Å². The highest BCUT2D eigenvalue weighted by molar-refractivity contribution is 8.01. The Bertz CT molecular complexity index is 275. The predicted octanol–water partition coefficient (Wildman–Crippen LogP) is 0.252. The molecule has 0 heterocycles. The molecule has 0 aliphatic heterocycles. The molecule has 0 saturated heterocycles. The van der Waals surface area contributed by atoms with Crippen LogP contribution in [0.2, 0.25) is 0 Å². The molecule has 92 valence electrons. The molecule has 2 atom stereocenters. The van der Waals surface area contributed by atoms with Crippen molar-refractivity contribution in [3.05, 3.63) is 0 Å². The van der Waals surface area contributed by atoms with Gasteiger partial charge in [-0.15, -0.1) is 0 Å². The zero-order valence-electron chi connectivity index (χ0n) is 9.56. The van der Waals surface area contributed by atoms with Crippen molar-refractivity contribution in [1.29, 1.82) is 0 Å². The van der Waals surface area contributed by atoms with Crippen molar-refractivity contribution in [1.82, 2.24) is 0 Å². The van der Waals surface area contributed by atoms with E-state index in [-0.39, 0.29) is 17.5 Å². The number of thioether (sulfide) groups is 1. The summed E-state index contributed by atoms with van der Waals surface area (Å²) in [5.74, 6) is 0.757. The van der Waals surface area contributed by atoms with E-state index < -0.39 is 15.4 Å². The highest BCUT2D eigenvalue weighted by atomic mass is 32.2. The fourth-order valence-electron chi connectivity index (χ4n) is 1.16. The lowest BCUT2D eigenvalue weighted by atomic mass is 10.0. The summed E-state index contributed by atoms with van der Waals surface area (Å²) in [5.41, 5.74) is 4.55. The number of nitrogens with two attached hydrogens (primary N) is 1. The van der Waals surface area contributed by atoms with Crippen LogP contribution in [0.4, 0.5) is 0 Å². The zero-order chi connectivity index (χ0) is 12.1. The molecule has 0 rings (SSSR count). The van der Waals surface area contributed by atoms with Gasteiger partial charge in [-0.2, -0.15) is 11.8 Å². The van der Waals surface area contributed by atoms with E-state index >= 15 is 0 Å². The van der Waals surface area contributed by atoms with Gasteiger partial charge in [0.15, 0.2) is 0 Å². The largest absolute Gasteiger partial charge is 0.389 e. The number of sulfone groups is 1. The van der Waals surface area contributed by atoms with E-state index in [4.69, 9.17) is 5.73 Å². The standard InChI is InChI=1S/C9H21NO3S2/c1-8(6-9(2,11)7-10)14-4-5-15(3,12)13/h8,11H,4-7,10H2,1-3H3. The first-order valence-corrected chi connectivity index (χ1v) is 7.99. The average molecular weight is 255 g/mol. The molecule has 0 aromatic heterocycles. The summed E-state index contributed by atoms with van der Waals surface area (Å²) in [5, 5.41) is 9.91. The summed E-state index contributed by atoms with van der Waals surface area (Å²) < 4.78 is 21.7. The number of hydrogen-bond acceptors (Lipinski definition) is 5. The second-order valence-electron chi connectivity index (χ2n) is 4.22. The molecule has 0 aromatic rings. The van der Waals surface area contributed by atoms with Gasteiger partial charge in [-0.05, 0) is 13.3 Å². The lowest BCUT2D eigenvalue weighted by molar-refractivity contribution is 0.0608. The molecule has 0 spiro atoms. The van der Waals surface area contributed by atoms with Crippen molar-refractivity contribution in [3.8, 4) is 0 Å². The summed E-state index contributed by atoms with van der Waals surface area (Å²) in [6.45, 7) is 3.89. The quantitative estimate of drug-likeness (QED) is 0.682. The van der Waals surface area contributed by atoms with Crippen LogP contribution in [0.3, 0.4) is 0 Å². The molecular formula is C9H21NO3S2. The molecule has 0 radical (unpaired) electrons. The van der Waals surface area contributed by atoms with Gasteiger partial charge in [0.25, 0.3) is 0 Å². The lowest BCUT2D eigenvalue weighted by Crippen LogP contribution is -2.36. The summed E-state index contributed by atoms with van der Waals surface area (Å²) >= 11 is 1.55. The Morgan fingerprint density at radius 3 is 2.47 bits per heavy atom. The molecule has 0 aliphatic carbocycles. The van der Waals surface area contributed by atoms with E-state index in [1.165, 1.54) is 6.26 Å². The number of hydrogen-bond donors (Lipinski definition) is 2. The molecular weight excluding hydrogens is 234 g/mol. The SMILES string of the molecule is CC(CC(C)(O)CN)SCCS(C)(=O)=O. The third-order valence-corrected chi connectivity index (χ3v) is 4.40. The summed E-state index contributed by atoms with van der Waals surface area (Å²) in [6.07, 6.45) is 1.81. The predicted molar refractivity (Wildman–Crippen MR) is 65.9 cm³/mol. The minimum absolute atomic E-state index is 0.187.